The van der Waals surface area contributed by atoms with E-state index in [1.54, 1.807) is 5.56 Å². The molecule has 0 fully saturated rings. The zero-order valence-corrected chi connectivity index (χ0v) is 21.5. The van der Waals surface area contributed by atoms with Crippen LogP contribution >= 0.6 is 0 Å². The zero-order chi connectivity index (χ0) is 21.4. The van der Waals surface area contributed by atoms with Gasteiger partial charge in [0.15, 0.2) is 0 Å². The number of hydrogen-bond acceptors (Lipinski definition) is 4. The molecule has 34 heavy (non-hydrogen) atoms. The fourth-order valence-electron chi connectivity index (χ4n) is 6.04. The zero-order valence-electron chi connectivity index (χ0n) is 18.7. The Morgan fingerprint density at radius 3 is 1.82 bits per heavy atom. The Morgan fingerprint density at radius 1 is 0.824 bits per heavy atom. The third-order valence-corrected chi connectivity index (χ3v) is 7.33. The average molecular weight is 542 g/mol. The fraction of sp³-hybridized carbons (Fsp3) is 0.536. The number of carbonyl (C=O) groups is 1. The number of hydrogen-bond donors (Lipinski definition) is 2. The maximum absolute atomic E-state index is 11.1. The van der Waals surface area contributed by atoms with Crippen LogP contribution in [-0.2, 0) is 63.2 Å². The van der Waals surface area contributed by atoms with Crippen LogP contribution in [0.2, 0.25) is 0 Å². The standard InChI is InChI=1S/C13H15NO2.C13H17NO.2CH4.Y/c14-12(15)7-9-2-1-8-3-4-11-10(13(8)9)5-6-16-11;14-7-5-10-2-1-9-3-4-12-11(13(9)10)6-8-15-12;;;/h3-4,9H,1-2,5-7H2,(H2,14,15);3-4,10H,1-2,5-8,14H2;2*1H4;/t9-;10-;;;/m00.../s1. The van der Waals surface area contributed by atoms with Gasteiger partial charge in [-0.3, -0.25) is 4.79 Å². The molecule has 4 N–H and O–H groups in total. The smallest absolute Gasteiger partial charge is 0.218 e. The summed E-state index contributed by atoms with van der Waals surface area (Å²) in [5.41, 5.74) is 19.6. The van der Waals surface area contributed by atoms with Crippen LogP contribution in [-0.4, -0.2) is 25.7 Å². The number of aryl methyl sites for hydroxylation is 2. The molecule has 4 aliphatic rings. The molecule has 0 unspecified atom stereocenters. The summed E-state index contributed by atoms with van der Waals surface area (Å²) >= 11 is 0. The van der Waals surface area contributed by atoms with E-state index in [1.807, 2.05) is 0 Å². The normalized spacial score (nSPS) is 19.9. The van der Waals surface area contributed by atoms with E-state index in [-0.39, 0.29) is 53.5 Å². The molecule has 183 valence electrons. The van der Waals surface area contributed by atoms with Gasteiger partial charge in [-0.2, -0.15) is 0 Å². The molecule has 0 saturated carbocycles. The van der Waals surface area contributed by atoms with E-state index < -0.39 is 0 Å². The second-order valence-electron chi connectivity index (χ2n) is 9.15. The van der Waals surface area contributed by atoms with E-state index in [2.05, 4.69) is 24.3 Å². The largest absolute Gasteiger partial charge is 0.493 e. The summed E-state index contributed by atoms with van der Waals surface area (Å²) in [6.07, 6.45) is 8.31. The van der Waals surface area contributed by atoms with Gasteiger partial charge >= 0.3 is 0 Å². The fourth-order valence-corrected chi connectivity index (χ4v) is 6.04. The number of fused-ring (bicyclic) bond motifs is 6. The number of carbonyl (C=O) groups excluding carboxylic acids is 1. The average Bonchev–Trinajstić information content (AvgIpc) is 3.53. The van der Waals surface area contributed by atoms with E-state index in [9.17, 15) is 4.79 Å². The van der Waals surface area contributed by atoms with Crippen LogP contribution in [0, 0.1) is 0 Å². The summed E-state index contributed by atoms with van der Waals surface area (Å²) in [7, 11) is 0. The summed E-state index contributed by atoms with van der Waals surface area (Å²) in [5.74, 6) is 2.95. The van der Waals surface area contributed by atoms with Crippen molar-refractivity contribution in [2.75, 3.05) is 19.8 Å². The van der Waals surface area contributed by atoms with Crippen molar-refractivity contribution in [3.63, 3.8) is 0 Å². The number of primary amides is 1. The molecule has 0 spiro atoms. The van der Waals surface area contributed by atoms with Crippen LogP contribution in [0.1, 0.15) is 85.8 Å². The first kappa shape index (κ1) is 28.8. The Kier molecular flexibility index (Phi) is 10.6. The summed E-state index contributed by atoms with van der Waals surface area (Å²) in [4.78, 5) is 11.1. The van der Waals surface area contributed by atoms with Crippen LogP contribution < -0.4 is 20.9 Å². The number of amides is 1. The van der Waals surface area contributed by atoms with Crippen molar-refractivity contribution >= 4 is 5.91 Å². The van der Waals surface area contributed by atoms with Crippen molar-refractivity contribution in [3.05, 3.63) is 57.6 Å². The van der Waals surface area contributed by atoms with Crippen molar-refractivity contribution in [2.45, 2.75) is 78.1 Å². The molecular formula is C28H40N2O3Y. The number of ether oxygens (including phenoxy) is 2. The third-order valence-electron chi connectivity index (χ3n) is 7.33. The maximum atomic E-state index is 11.1. The summed E-state index contributed by atoms with van der Waals surface area (Å²) in [6, 6.07) is 8.59. The minimum Gasteiger partial charge on any atom is -0.493 e. The molecule has 2 heterocycles. The molecule has 1 amide bonds. The van der Waals surface area contributed by atoms with Gasteiger partial charge in [-0.25, -0.2) is 0 Å². The Labute approximate surface area is 230 Å². The van der Waals surface area contributed by atoms with E-state index in [0.29, 0.717) is 18.3 Å². The van der Waals surface area contributed by atoms with Crippen LogP contribution in [0.3, 0.4) is 0 Å². The Morgan fingerprint density at radius 2 is 1.32 bits per heavy atom. The van der Waals surface area contributed by atoms with Crippen molar-refractivity contribution < 1.29 is 47.0 Å². The van der Waals surface area contributed by atoms with Gasteiger partial charge in [0.1, 0.15) is 11.5 Å². The summed E-state index contributed by atoms with van der Waals surface area (Å²) in [6.45, 7) is 2.44. The maximum Gasteiger partial charge on any atom is 0.218 e. The molecule has 2 aliphatic heterocycles. The SMILES string of the molecule is C.C.NC(=O)C[C@@H]1CCc2ccc3c(c21)CCO3.NCC[C@@H]1CCc2ccc3c(c21)CCO3.[Y]. The van der Waals surface area contributed by atoms with Gasteiger partial charge in [-0.15, -0.1) is 0 Å². The van der Waals surface area contributed by atoms with Crippen molar-refractivity contribution in [1.29, 1.82) is 0 Å². The van der Waals surface area contributed by atoms with E-state index in [0.717, 1.165) is 63.4 Å². The predicted molar refractivity (Wildman–Crippen MR) is 134 cm³/mol. The molecule has 0 bridgehead atoms. The van der Waals surface area contributed by atoms with Gasteiger partial charge < -0.3 is 20.9 Å². The van der Waals surface area contributed by atoms with Crippen LogP contribution in [0.4, 0.5) is 0 Å². The summed E-state index contributed by atoms with van der Waals surface area (Å²) < 4.78 is 11.2. The quantitative estimate of drug-likeness (QED) is 0.583. The first-order valence-electron chi connectivity index (χ1n) is 11.7. The van der Waals surface area contributed by atoms with Gasteiger partial charge in [0.2, 0.25) is 5.91 Å². The van der Waals surface area contributed by atoms with Gasteiger partial charge in [0.25, 0.3) is 0 Å². The van der Waals surface area contributed by atoms with E-state index >= 15 is 0 Å². The van der Waals surface area contributed by atoms with Gasteiger partial charge in [0.05, 0.1) is 13.2 Å². The van der Waals surface area contributed by atoms with Crippen LogP contribution in [0.5, 0.6) is 11.5 Å². The second kappa shape index (κ2) is 12.5. The molecular weight excluding hydrogens is 501 g/mol. The van der Waals surface area contributed by atoms with Crippen molar-refractivity contribution in [2.24, 2.45) is 11.5 Å². The van der Waals surface area contributed by atoms with Crippen molar-refractivity contribution in [1.82, 2.24) is 0 Å². The number of rotatable bonds is 4. The Hall–Kier alpha value is -1.43. The second-order valence-corrected chi connectivity index (χ2v) is 9.15. The first-order valence-corrected chi connectivity index (χ1v) is 11.7. The molecule has 0 aromatic heterocycles. The van der Waals surface area contributed by atoms with Crippen LogP contribution in [0.15, 0.2) is 24.3 Å². The molecule has 2 aliphatic carbocycles. The topological polar surface area (TPSA) is 87.6 Å². The van der Waals surface area contributed by atoms with E-state index in [1.165, 1.54) is 40.7 Å². The molecule has 6 rings (SSSR count). The van der Waals surface area contributed by atoms with Gasteiger partial charge in [-0.1, -0.05) is 27.0 Å². The molecule has 2 atom stereocenters. The van der Waals surface area contributed by atoms with Crippen LogP contribution in [0.25, 0.3) is 0 Å². The minimum absolute atomic E-state index is 0. The predicted octanol–water partition coefficient (Wildman–Crippen LogP) is 4.80. The van der Waals surface area contributed by atoms with Gasteiger partial charge in [-0.05, 0) is 84.9 Å². The Bertz CT molecular complexity index is 1010. The number of benzene rings is 2. The molecule has 2 aromatic carbocycles. The first-order chi connectivity index (χ1) is 15.2. The third kappa shape index (κ3) is 5.52. The molecule has 0 saturated heterocycles. The Balaban J connectivity index is 0.000000221. The van der Waals surface area contributed by atoms with Crippen molar-refractivity contribution in [3.8, 4) is 11.5 Å². The van der Waals surface area contributed by atoms with Gasteiger partial charge in [0, 0.05) is 63.1 Å². The van der Waals surface area contributed by atoms with E-state index in [4.69, 9.17) is 20.9 Å². The molecule has 2 aromatic rings. The number of nitrogens with two attached hydrogens (primary N) is 2. The molecule has 5 nitrogen and oxygen atoms in total. The molecule has 6 heteroatoms. The summed E-state index contributed by atoms with van der Waals surface area (Å²) in [5, 5.41) is 0. The minimum atomic E-state index is -0.200. The molecule has 1 radical (unpaired) electrons. The monoisotopic (exact) mass is 541 g/mol.